The van der Waals surface area contributed by atoms with E-state index in [4.69, 9.17) is 21.1 Å². The summed E-state index contributed by atoms with van der Waals surface area (Å²) in [6.07, 6.45) is 0.619. The first-order valence-electron chi connectivity index (χ1n) is 11.4. The van der Waals surface area contributed by atoms with E-state index in [1.807, 2.05) is 12.1 Å². The molecule has 3 rings (SSSR count). The number of hydrogen-bond acceptors (Lipinski definition) is 9. The molecule has 4 unspecified atom stereocenters. The molecule has 208 valence electrons. The van der Waals surface area contributed by atoms with Gasteiger partial charge in [-0.3, -0.25) is 9.42 Å². The third-order valence-corrected chi connectivity index (χ3v) is 9.17. The van der Waals surface area contributed by atoms with Crippen molar-refractivity contribution >= 4 is 40.3 Å². The van der Waals surface area contributed by atoms with Crippen molar-refractivity contribution in [3.8, 4) is 11.5 Å². The number of methoxy groups -OCH3 is 1. The smallest absolute Gasteiger partial charge is 0.778 e. The maximum Gasteiger partial charge on any atom is 1.00 e. The van der Waals surface area contributed by atoms with E-state index in [0.717, 1.165) is 16.2 Å². The fourth-order valence-corrected chi connectivity index (χ4v) is 6.52. The Morgan fingerprint density at radius 1 is 0.976 bits per heavy atom. The molecule has 41 heavy (non-hydrogen) atoms. The zero-order chi connectivity index (χ0) is 28.6. The van der Waals surface area contributed by atoms with Crippen LogP contribution in [0.15, 0.2) is 84.0 Å². The Labute approximate surface area is 289 Å². The van der Waals surface area contributed by atoms with E-state index in [1.54, 1.807) is 62.8 Å². The summed E-state index contributed by atoms with van der Waals surface area (Å²) >= 11 is 5.41. The number of nitrogens with zero attached hydrogens (tertiary/aromatic N) is 3. The van der Waals surface area contributed by atoms with Gasteiger partial charge in [-0.25, -0.2) is 0 Å². The fraction of sp³-hybridized carbons (Fsp3) is 0.208. The summed E-state index contributed by atoms with van der Waals surface area (Å²) in [5.41, 5.74) is 1.49. The quantitative estimate of drug-likeness (QED) is 0.0859. The van der Waals surface area contributed by atoms with E-state index in [-0.39, 0.29) is 71.2 Å². The van der Waals surface area contributed by atoms with Crippen molar-refractivity contribution in [2.45, 2.75) is 12.3 Å². The summed E-state index contributed by atoms with van der Waals surface area (Å²) in [6, 6.07) is 21.4. The first-order chi connectivity index (χ1) is 18.4. The van der Waals surface area contributed by atoms with Crippen molar-refractivity contribution in [3.05, 3.63) is 95.6 Å². The number of hydrazone groups is 1. The van der Waals surface area contributed by atoms with Gasteiger partial charge in [0.15, 0.2) is 13.3 Å². The van der Waals surface area contributed by atoms with Crippen molar-refractivity contribution in [1.82, 2.24) is 9.68 Å². The van der Waals surface area contributed by atoms with Crippen LogP contribution in [0.2, 0.25) is 0 Å². The fourth-order valence-electron chi connectivity index (χ4n) is 3.60. The molecule has 2 N–H and O–H groups in total. The largest absolute Gasteiger partial charge is 1.00 e. The van der Waals surface area contributed by atoms with Crippen LogP contribution in [0.4, 0.5) is 0 Å². The predicted molar refractivity (Wildman–Crippen MR) is 149 cm³/mol. The molecule has 0 aromatic heterocycles. The van der Waals surface area contributed by atoms with Gasteiger partial charge in [0.1, 0.15) is 19.1 Å². The molecular weight excluding hydrogens is 629 g/mol. The van der Waals surface area contributed by atoms with Crippen LogP contribution >= 0.6 is 22.3 Å². The van der Waals surface area contributed by atoms with Gasteiger partial charge in [0, 0.05) is 6.54 Å². The van der Waals surface area contributed by atoms with Gasteiger partial charge in [-0.05, 0) is 53.1 Å². The maximum atomic E-state index is 12.4. The molecule has 0 bridgehead atoms. The number of ether oxygens (including phenoxy) is 1. The van der Waals surface area contributed by atoms with Crippen LogP contribution in [0.25, 0.3) is 0 Å². The van der Waals surface area contributed by atoms with E-state index < -0.39 is 34.3 Å². The van der Waals surface area contributed by atoms with Gasteiger partial charge < -0.3 is 33.4 Å². The summed E-state index contributed by atoms with van der Waals surface area (Å²) in [7, 11) is -8.50. The molecule has 17 heteroatoms. The topological polar surface area (TPSA) is 158 Å². The summed E-state index contributed by atoms with van der Waals surface area (Å²) < 4.78 is 36.5. The number of rotatable bonds is 13. The normalized spacial score (nSPS) is 15.0. The average Bonchev–Trinajstić information content (AvgIpc) is 2.87. The summed E-state index contributed by atoms with van der Waals surface area (Å²) in [6.45, 7) is -0.169. The molecule has 0 aliphatic heterocycles. The van der Waals surface area contributed by atoms with Crippen LogP contribution in [-0.2, 0) is 27.5 Å². The van der Waals surface area contributed by atoms with Gasteiger partial charge in [0.25, 0.3) is 0 Å². The molecule has 0 aliphatic carbocycles. The molecule has 3 aromatic rings. The van der Waals surface area contributed by atoms with Gasteiger partial charge in [-0.15, -0.1) is 5.10 Å². The maximum absolute atomic E-state index is 12.4. The van der Waals surface area contributed by atoms with Gasteiger partial charge in [0.05, 0.1) is 26.7 Å². The minimum absolute atomic E-state index is 0. The Morgan fingerprint density at radius 3 is 2.05 bits per heavy atom. The van der Waals surface area contributed by atoms with Crippen LogP contribution in [0.1, 0.15) is 22.5 Å². The van der Waals surface area contributed by atoms with E-state index >= 15 is 0 Å². The molecule has 11 nitrogen and oxygen atoms in total. The van der Waals surface area contributed by atoms with E-state index in [1.165, 1.54) is 29.0 Å². The number of hydrogen-bond donors (Lipinski definition) is 2. The SMILES string of the molecule is COc1ccc(/C=N/N(C)[P+](=S)Oc2ccc(C(N(Cc3ccccc3)CP(=O)([O-])O)P(=O)([O-])O)cc2)cc1.[Na+].[Na+]. The Morgan fingerprint density at radius 2 is 1.54 bits per heavy atom. The average molecular weight is 656 g/mol. The molecule has 0 aliphatic rings. The Bertz CT molecular complexity index is 1380. The second kappa shape index (κ2) is 17.7. The minimum atomic E-state index is -5.17. The van der Waals surface area contributed by atoms with Crippen LogP contribution in [0.3, 0.4) is 0 Å². The van der Waals surface area contributed by atoms with Crippen LogP contribution < -0.4 is 78.2 Å². The Hall–Kier alpha value is -0.490. The molecule has 0 saturated carbocycles. The Balaban J connectivity index is 0.00000420. The molecule has 0 amide bonds. The number of benzene rings is 3. The monoisotopic (exact) mass is 656 g/mol. The van der Waals surface area contributed by atoms with Gasteiger partial charge >= 0.3 is 66.2 Å². The van der Waals surface area contributed by atoms with Crippen LogP contribution in [0, 0.1) is 0 Å². The minimum Gasteiger partial charge on any atom is -0.778 e. The van der Waals surface area contributed by atoms with E-state index in [2.05, 4.69) is 5.10 Å². The zero-order valence-electron chi connectivity index (χ0n) is 23.0. The van der Waals surface area contributed by atoms with Gasteiger partial charge in [0.2, 0.25) is 11.8 Å². The summed E-state index contributed by atoms with van der Waals surface area (Å²) in [4.78, 5) is 44.7. The van der Waals surface area contributed by atoms with Gasteiger partial charge in [-0.2, -0.15) is 0 Å². The first-order valence-corrected chi connectivity index (χ1v) is 17.0. The molecule has 0 radical (unpaired) electrons. The Kier molecular flexibility index (Phi) is 16.7. The van der Waals surface area contributed by atoms with Crippen LogP contribution in [-0.4, -0.2) is 46.1 Å². The molecule has 0 fully saturated rings. The van der Waals surface area contributed by atoms with Crippen molar-refractivity contribution < 1.29 is 97.1 Å². The van der Waals surface area contributed by atoms with E-state index in [9.17, 15) is 28.7 Å². The second-order valence-corrected chi connectivity index (χ2v) is 13.7. The van der Waals surface area contributed by atoms with Gasteiger partial charge in [-0.1, -0.05) is 47.2 Å². The first kappa shape index (κ1) is 38.5. The molecule has 0 heterocycles. The molecule has 0 spiro atoms. The molecule has 0 saturated heterocycles. The van der Waals surface area contributed by atoms with Crippen molar-refractivity contribution in [2.75, 3.05) is 20.4 Å². The standard InChI is InChI=1S/C24H28N3O8P3S.2Na/c1-26(25-16-19-8-12-22(34-2)13-9-19)36(39)35-23-14-10-21(11-15-23)24(38(31,32)33)27(18-37(28,29)30)17-20-6-4-3-5-7-20;;/h3-16,24H,17-18H2,1-2H3,(H3-,28,29,30,31,32,33);;/q;2*+1/p-1/b25-16+;;. The zero-order valence-corrected chi connectivity index (χ0v) is 30.5. The van der Waals surface area contributed by atoms with Crippen LogP contribution in [0.5, 0.6) is 11.5 Å². The third kappa shape index (κ3) is 13.0. The van der Waals surface area contributed by atoms with Crippen molar-refractivity contribution in [2.24, 2.45) is 5.10 Å². The predicted octanol–water partition coefficient (Wildman–Crippen LogP) is -2.63. The third-order valence-electron chi connectivity index (χ3n) is 5.33. The van der Waals surface area contributed by atoms with E-state index in [0.29, 0.717) is 11.3 Å². The van der Waals surface area contributed by atoms with Crippen molar-refractivity contribution in [1.29, 1.82) is 0 Å². The summed E-state index contributed by atoms with van der Waals surface area (Å²) in [5, 5.41) is 4.29. The molecule has 3 aromatic carbocycles. The molecule has 4 atom stereocenters. The summed E-state index contributed by atoms with van der Waals surface area (Å²) in [5.74, 6) is -0.714. The second-order valence-electron chi connectivity index (χ2n) is 8.35. The van der Waals surface area contributed by atoms with Crippen molar-refractivity contribution in [3.63, 3.8) is 0 Å². The molecular formula is C24H27N3Na2O8P3S+.